The monoisotopic (exact) mass is 401 g/mol. The molecule has 1 unspecified atom stereocenters. The van der Waals surface area contributed by atoms with Crippen LogP contribution in [-0.4, -0.2) is 31.6 Å². The highest BCUT2D eigenvalue weighted by Crippen LogP contribution is 2.38. The molecule has 1 aliphatic rings. The number of carbonyl (C=O) groups is 1. The van der Waals surface area contributed by atoms with Crippen molar-refractivity contribution in [1.29, 1.82) is 0 Å². The molecule has 1 radical (unpaired) electrons. The summed E-state index contributed by atoms with van der Waals surface area (Å²) < 4.78 is 17.1. The summed E-state index contributed by atoms with van der Waals surface area (Å²) in [6.07, 6.45) is 2.07. The third-order valence-corrected chi connectivity index (χ3v) is 4.96. The van der Waals surface area contributed by atoms with Crippen molar-refractivity contribution in [1.82, 2.24) is 0 Å². The van der Waals surface area contributed by atoms with Gasteiger partial charge in [0, 0.05) is 23.1 Å². The first-order chi connectivity index (χ1) is 13.6. The molecule has 0 amide bonds. The molecule has 0 fully saturated rings. The van der Waals surface area contributed by atoms with E-state index in [1.165, 1.54) is 0 Å². The van der Waals surface area contributed by atoms with E-state index in [2.05, 4.69) is 7.28 Å². The zero-order valence-corrected chi connectivity index (χ0v) is 16.6. The van der Waals surface area contributed by atoms with Gasteiger partial charge in [0.05, 0.1) is 24.7 Å². The first-order valence-electron chi connectivity index (χ1n) is 9.37. The second kappa shape index (κ2) is 9.74. The van der Waals surface area contributed by atoms with E-state index in [9.17, 15) is 4.79 Å². The Morgan fingerprint density at radius 1 is 1.25 bits per heavy atom. The van der Waals surface area contributed by atoms with E-state index in [1.807, 2.05) is 31.1 Å². The second-order valence-corrected chi connectivity index (χ2v) is 7.15. The number of carboxylic acid groups (broad SMARTS) is 1. The van der Waals surface area contributed by atoms with Gasteiger partial charge in [-0.1, -0.05) is 36.9 Å². The van der Waals surface area contributed by atoms with Gasteiger partial charge >= 0.3 is 5.97 Å². The molecule has 0 aliphatic carbocycles. The predicted molar refractivity (Wildman–Crippen MR) is 109 cm³/mol. The lowest BCUT2D eigenvalue weighted by molar-refractivity contribution is -0.137. The van der Waals surface area contributed by atoms with Gasteiger partial charge in [-0.2, -0.15) is 0 Å². The van der Waals surface area contributed by atoms with E-state index in [0.717, 1.165) is 29.6 Å². The van der Waals surface area contributed by atoms with Gasteiger partial charge in [0.15, 0.2) is 0 Å². The number of benzene rings is 2. The molecule has 1 heterocycles. The summed E-state index contributed by atoms with van der Waals surface area (Å²) >= 11 is 6.35. The molecule has 0 aromatic heterocycles. The van der Waals surface area contributed by atoms with Crippen LogP contribution in [-0.2, 0) is 11.4 Å². The summed E-state index contributed by atoms with van der Waals surface area (Å²) in [5, 5.41) is 9.57. The Bertz CT molecular complexity index is 826. The Labute approximate surface area is 170 Å². The minimum absolute atomic E-state index is 0.0634. The van der Waals surface area contributed by atoms with Gasteiger partial charge in [-0.05, 0) is 24.6 Å². The van der Waals surface area contributed by atoms with Gasteiger partial charge in [-0.15, -0.1) is 0 Å². The molecular formula is C21H23BClO5. The zero-order chi connectivity index (χ0) is 19.9. The van der Waals surface area contributed by atoms with Crippen LogP contribution in [0.5, 0.6) is 17.2 Å². The number of fused-ring (bicyclic) bond motifs is 1. The molecule has 0 saturated carbocycles. The summed E-state index contributed by atoms with van der Waals surface area (Å²) in [6.45, 7) is 3.40. The molecule has 0 spiro atoms. The van der Waals surface area contributed by atoms with E-state index in [-0.39, 0.29) is 12.3 Å². The van der Waals surface area contributed by atoms with Crippen LogP contribution in [0.25, 0.3) is 0 Å². The largest absolute Gasteiger partial charge is 0.494 e. The maximum atomic E-state index is 10.9. The Morgan fingerprint density at radius 3 is 2.79 bits per heavy atom. The zero-order valence-electron chi connectivity index (χ0n) is 15.8. The van der Waals surface area contributed by atoms with Crippen LogP contribution in [0.4, 0.5) is 0 Å². The molecular weight excluding hydrogens is 378 g/mol. The van der Waals surface area contributed by atoms with E-state index >= 15 is 0 Å². The Hall–Kier alpha value is -2.34. The van der Waals surface area contributed by atoms with Crippen LogP contribution >= 0.6 is 11.6 Å². The quantitative estimate of drug-likeness (QED) is 0.457. The number of aliphatic carboxylic acids is 1. The molecule has 1 aliphatic heterocycles. The highest BCUT2D eigenvalue weighted by molar-refractivity contribution is 6.33. The normalized spacial score (nSPS) is 14.9. The number of hydrogen-bond donors (Lipinski definition) is 1. The van der Waals surface area contributed by atoms with Gasteiger partial charge in [0.2, 0.25) is 0 Å². The van der Waals surface area contributed by atoms with Crippen molar-refractivity contribution < 1.29 is 24.1 Å². The molecule has 5 nitrogen and oxygen atoms in total. The third-order valence-electron chi connectivity index (χ3n) is 4.61. The smallest absolute Gasteiger partial charge is 0.304 e. The number of hydrogen-bond acceptors (Lipinski definition) is 4. The predicted octanol–water partition coefficient (Wildman–Crippen LogP) is 4.81. The number of halogens is 1. The first kappa shape index (κ1) is 20.4. The molecule has 147 valence electrons. The van der Waals surface area contributed by atoms with Gasteiger partial charge in [0.25, 0.3) is 0 Å². The van der Waals surface area contributed by atoms with Crippen molar-refractivity contribution in [2.75, 3.05) is 13.2 Å². The van der Waals surface area contributed by atoms with Gasteiger partial charge in [-0.3, -0.25) is 4.79 Å². The summed E-state index contributed by atoms with van der Waals surface area (Å²) in [7, 11) is 2.12. The topological polar surface area (TPSA) is 65.0 Å². The first-order valence-corrected chi connectivity index (χ1v) is 9.75. The molecule has 7 heteroatoms. The summed E-state index contributed by atoms with van der Waals surface area (Å²) in [5.74, 6) is 1.15. The van der Waals surface area contributed by atoms with Crippen molar-refractivity contribution in [2.45, 2.75) is 38.5 Å². The van der Waals surface area contributed by atoms with E-state index < -0.39 is 5.97 Å². The lowest BCUT2D eigenvalue weighted by atomic mass is 9.77. The average molecular weight is 402 g/mol. The van der Waals surface area contributed by atoms with Crippen LogP contribution in [0, 0.1) is 0 Å². The standard InChI is InChI=1S/C21H23BClO5/c1-22-7-2-8-26-16-4-3-14(19(23)10-16)12-27-17-5-6-18-15(9-21(24)25)13-28-20(18)11-17/h3-6,10-11,15H,2,7-9,12-13H2,1H3,(H,24,25). The van der Waals surface area contributed by atoms with Gasteiger partial charge in [0.1, 0.15) is 31.1 Å². The third kappa shape index (κ3) is 5.35. The van der Waals surface area contributed by atoms with Crippen molar-refractivity contribution in [3.63, 3.8) is 0 Å². The van der Waals surface area contributed by atoms with Crippen molar-refractivity contribution in [3.05, 3.63) is 52.5 Å². The molecule has 0 saturated heterocycles. The Kier molecular flexibility index (Phi) is 7.09. The molecule has 2 aromatic rings. The molecule has 2 aromatic carbocycles. The lowest BCUT2D eigenvalue weighted by Crippen LogP contribution is -2.07. The molecule has 28 heavy (non-hydrogen) atoms. The summed E-state index contributed by atoms with van der Waals surface area (Å²) in [5.41, 5.74) is 1.77. The summed E-state index contributed by atoms with van der Waals surface area (Å²) in [6, 6.07) is 11.1. The molecule has 1 atom stereocenters. The number of ether oxygens (including phenoxy) is 3. The SMILES string of the molecule is C[B]CCCOc1ccc(COc2ccc3c(c2)OCC3CC(=O)O)c(Cl)c1. The van der Waals surface area contributed by atoms with E-state index in [4.69, 9.17) is 30.9 Å². The highest BCUT2D eigenvalue weighted by Gasteiger charge is 2.26. The molecule has 0 bridgehead atoms. The minimum Gasteiger partial charge on any atom is -0.494 e. The Balaban J connectivity index is 1.56. The van der Waals surface area contributed by atoms with Crippen LogP contribution in [0.2, 0.25) is 18.2 Å². The van der Waals surface area contributed by atoms with Gasteiger partial charge < -0.3 is 19.3 Å². The maximum Gasteiger partial charge on any atom is 0.304 e. The molecule has 3 rings (SSSR count). The van der Waals surface area contributed by atoms with Crippen molar-refractivity contribution in [3.8, 4) is 17.2 Å². The van der Waals surface area contributed by atoms with Crippen LogP contribution in [0.15, 0.2) is 36.4 Å². The van der Waals surface area contributed by atoms with E-state index in [1.54, 1.807) is 12.1 Å². The average Bonchev–Trinajstić information content (AvgIpc) is 3.06. The molecule has 1 N–H and O–H groups in total. The van der Waals surface area contributed by atoms with Crippen LogP contribution in [0.3, 0.4) is 0 Å². The fourth-order valence-electron chi connectivity index (χ4n) is 3.10. The van der Waals surface area contributed by atoms with Crippen LogP contribution < -0.4 is 14.2 Å². The lowest BCUT2D eigenvalue weighted by Gasteiger charge is -2.11. The number of rotatable bonds is 10. The Morgan fingerprint density at radius 2 is 2.04 bits per heavy atom. The second-order valence-electron chi connectivity index (χ2n) is 6.75. The highest BCUT2D eigenvalue weighted by atomic mass is 35.5. The van der Waals surface area contributed by atoms with Crippen molar-refractivity contribution >= 4 is 24.8 Å². The fraction of sp³-hybridized carbons (Fsp3) is 0.381. The number of carboxylic acids is 1. The van der Waals surface area contributed by atoms with Gasteiger partial charge in [-0.25, -0.2) is 0 Å². The van der Waals surface area contributed by atoms with E-state index in [0.29, 0.717) is 36.3 Å². The fourth-order valence-corrected chi connectivity index (χ4v) is 3.33. The van der Waals surface area contributed by atoms with Crippen LogP contribution in [0.1, 0.15) is 29.9 Å². The minimum atomic E-state index is -0.826. The maximum absolute atomic E-state index is 10.9. The summed E-state index contributed by atoms with van der Waals surface area (Å²) in [4.78, 5) is 10.9. The van der Waals surface area contributed by atoms with Crippen molar-refractivity contribution in [2.24, 2.45) is 0 Å².